The molecule has 2 aromatic rings. The van der Waals surface area contributed by atoms with Crippen molar-refractivity contribution in [3.63, 3.8) is 0 Å². The van der Waals surface area contributed by atoms with Crippen molar-refractivity contribution in [2.45, 2.75) is 63.7 Å². The van der Waals surface area contributed by atoms with Gasteiger partial charge in [0, 0.05) is 18.8 Å². The third-order valence-corrected chi connectivity index (χ3v) is 5.63. The molecule has 0 saturated heterocycles. The van der Waals surface area contributed by atoms with Crippen LogP contribution in [0.1, 0.15) is 82.9 Å². The van der Waals surface area contributed by atoms with Crippen LogP contribution in [0.25, 0.3) is 0 Å². The Morgan fingerprint density at radius 1 is 1.00 bits per heavy atom. The summed E-state index contributed by atoms with van der Waals surface area (Å²) in [4.78, 5) is 19.4. The molecule has 0 amide bonds. The predicted molar refractivity (Wildman–Crippen MR) is 96.1 cm³/mol. The highest BCUT2D eigenvalue weighted by atomic mass is 16.4. The van der Waals surface area contributed by atoms with Gasteiger partial charge in [-0.15, -0.1) is 0 Å². The molecule has 0 saturated carbocycles. The summed E-state index contributed by atoms with van der Waals surface area (Å²) in [7, 11) is 0. The number of rotatable bonds is 3. The van der Waals surface area contributed by atoms with Gasteiger partial charge in [-0.05, 0) is 66.7 Å². The lowest BCUT2D eigenvalue weighted by atomic mass is 9.85. The van der Waals surface area contributed by atoms with E-state index >= 15 is 0 Å². The summed E-state index contributed by atoms with van der Waals surface area (Å²) in [6, 6.07) is 4.72. The van der Waals surface area contributed by atoms with Gasteiger partial charge in [0.2, 0.25) is 0 Å². The van der Waals surface area contributed by atoms with E-state index in [9.17, 15) is 4.79 Å². The lowest BCUT2D eigenvalue weighted by molar-refractivity contribution is 0.0696. The Balaban J connectivity index is 1.66. The number of carbonyl (C=O) groups is 1. The lowest BCUT2D eigenvalue weighted by Crippen LogP contribution is -2.06. The van der Waals surface area contributed by atoms with E-state index in [1.807, 2.05) is 0 Å². The van der Waals surface area contributed by atoms with Crippen molar-refractivity contribution in [2.24, 2.45) is 0 Å². The van der Waals surface area contributed by atoms with Crippen LogP contribution in [-0.2, 0) is 19.3 Å². The molecule has 0 unspecified atom stereocenters. The predicted octanol–water partition coefficient (Wildman–Crippen LogP) is 4.30. The fraction of sp³-hybridized carbons (Fsp3) is 0.476. The Labute approximate surface area is 148 Å². The maximum absolute atomic E-state index is 10.9. The summed E-state index contributed by atoms with van der Waals surface area (Å²) in [5.41, 5.74) is 6.14. The molecule has 4 heteroatoms. The molecule has 130 valence electrons. The van der Waals surface area contributed by atoms with E-state index in [1.165, 1.54) is 69.3 Å². The second-order valence-corrected chi connectivity index (χ2v) is 7.39. The molecule has 4 nitrogen and oxygen atoms in total. The summed E-state index contributed by atoms with van der Waals surface area (Å²) in [6.07, 6.45) is 13.8. The molecule has 0 fully saturated rings. The average molecular weight is 336 g/mol. The summed E-state index contributed by atoms with van der Waals surface area (Å²) in [5.74, 6) is 0.467. The van der Waals surface area contributed by atoms with Gasteiger partial charge in [-0.2, -0.15) is 0 Å². The maximum atomic E-state index is 10.9. The number of nitrogens with zero attached hydrogens (tertiary/aromatic N) is 2. The number of carboxylic acid groups (broad SMARTS) is 1. The van der Waals surface area contributed by atoms with Gasteiger partial charge in [0.1, 0.15) is 5.82 Å². The zero-order valence-corrected chi connectivity index (χ0v) is 14.5. The quantitative estimate of drug-likeness (QED) is 0.907. The molecule has 4 rings (SSSR count). The molecule has 1 aromatic heterocycles. The molecule has 0 aliphatic heterocycles. The van der Waals surface area contributed by atoms with E-state index in [0.29, 0.717) is 12.2 Å². The van der Waals surface area contributed by atoms with Crippen LogP contribution in [0.4, 0.5) is 0 Å². The van der Waals surface area contributed by atoms with Crippen LogP contribution < -0.4 is 0 Å². The Hall–Kier alpha value is -2.23. The monoisotopic (exact) mass is 336 g/mol. The molecule has 2 aliphatic rings. The number of carboxylic acids is 1. The summed E-state index contributed by atoms with van der Waals surface area (Å²) < 4.78 is 0. The van der Waals surface area contributed by atoms with Crippen molar-refractivity contribution in [1.82, 2.24) is 9.97 Å². The topological polar surface area (TPSA) is 63.1 Å². The second kappa shape index (κ2) is 6.95. The molecule has 0 spiro atoms. The van der Waals surface area contributed by atoms with E-state index < -0.39 is 5.97 Å². The first kappa shape index (κ1) is 16.2. The van der Waals surface area contributed by atoms with E-state index in [0.717, 1.165) is 5.92 Å². The molecular weight excluding hydrogens is 312 g/mol. The van der Waals surface area contributed by atoms with Crippen LogP contribution in [0.5, 0.6) is 0 Å². The fourth-order valence-electron chi connectivity index (χ4n) is 4.48. The van der Waals surface area contributed by atoms with Crippen LogP contribution in [0, 0.1) is 0 Å². The molecule has 1 aromatic carbocycles. The number of aromatic carboxylic acids is 1. The SMILES string of the molecule is O=C(O)c1cnc(Cc2cc3c4c(c2)CCCCC4CCCC3)nc1. The number of hydrogen-bond acceptors (Lipinski definition) is 3. The van der Waals surface area contributed by atoms with Crippen LogP contribution in [0.2, 0.25) is 0 Å². The van der Waals surface area contributed by atoms with Crippen molar-refractivity contribution in [2.75, 3.05) is 0 Å². The first-order valence-corrected chi connectivity index (χ1v) is 9.39. The Kier molecular flexibility index (Phi) is 4.51. The van der Waals surface area contributed by atoms with Gasteiger partial charge < -0.3 is 5.11 Å². The molecule has 25 heavy (non-hydrogen) atoms. The van der Waals surface area contributed by atoms with E-state index in [2.05, 4.69) is 22.1 Å². The van der Waals surface area contributed by atoms with Gasteiger partial charge in [-0.25, -0.2) is 14.8 Å². The number of hydrogen-bond donors (Lipinski definition) is 1. The van der Waals surface area contributed by atoms with Gasteiger partial charge in [-0.3, -0.25) is 0 Å². The van der Waals surface area contributed by atoms with E-state index in [1.54, 1.807) is 16.7 Å². The Morgan fingerprint density at radius 2 is 1.60 bits per heavy atom. The normalized spacial score (nSPS) is 17.4. The highest BCUT2D eigenvalue weighted by molar-refractivity contribution is 5.86. The molecule has 1 heterocycles. The standard InChI is InChI=1S/C21H24N2O2/c24-21(25)18-12-22-19(23-13-18)11-14-9-16-7-3-1-5-15-6-2-4-8-17(10-14)20(15)16/h9-10,12-13,15H,1-8,11H2,(H,24,25). The number of aryl methyl sites for hydroxylation is 2. The number of aromatic nitrogens is 2. The van der Waals surface area contributed by atoms with Crippen LogP contribution >= 0.6 is 0 Å². The zero-order valence-electron chi connectivity index (χ0n) is 14.5. The second-order valence-electron chi connectivity index (χ2n) is 7.39. The summed E-state index contributed by atoms with van der Waals surface area (Å²) in [5, 5.41) is 8.97. The average Bonchev–Trinajstić information content (AvgIpc) is 2.93. The Bertz CT molecular complexity index is 750. The van der Waals surface area contributed by atoms with Gasteiger partial charge >= 0.3 is 5.97 Å². The zero-order chi connectivity index (χ0) is 17.2. The highest BCUT2D eigenvalue weighted by Crippen LogP contribution is 2.40. The Morgan fingerprint density at radius 3 is 2.16 bits per heavy atom. The van der Waals surface area contributed by atoms with Crippen LogP contribution in [-0.4, -0.2) is 21.0 Å². The molecule has 0 atom stereocenters. The molecule has 0 radical (unpaired) electrons. The van der Waals surface area contributed by atoms with E-state index in [4.69, 9.17) is 5.11 Å². The summed E-state index contributed by atoms with van der Waals surface area (Å²) in [6.45, 7) is 0. The minimum absolute atomic E-state index is 0.139. The largest absolute Gasteiger partial charge is 0.478 e. The van der Waals surface area contributed by atoms with Crippen molar-refractivity contribution in [3.05, 3.63) is 58.2 Å². The molecule has 0 bridgehead atoms. The van der Waals surface area contributed by atoms with Gasteiger partial charge in [0.25, 0.3) is 0 Å². The number of benzene rings is 1. The van der Waals surface area contributed by atoms with Crippen molar-refractivity contribution in [1.29, 1.82) is 0 Å². The third kappa shape index (κ3) is 3.44. The highest BCUT2D eigenvalue weighted by Gasteiger charge is 2.24. The van der Waals surface area contributed by atoms with Crippen molar-refractivity contribution in [3.8, 4) is 0 Å². The first-order valence-electron chi connectivity index (χ1n) is 9.39. The van der Waals surface area contributed by atoms with Gasteiger partial charge in [0.05, 0.1) is 5.56 Å². The summed E-state index contributed by atoms with van der Waals surface area (Å²) >= 11 is 0. The van der Waals surface area contributed by atoms with Crippen LogP contribution in [0.3, 0.4) is 0 Å². The van der Waals surface area contributed by atoms with Gasteiger partial charge in [-0.1, -0.05) is 25.0 Å². The first-order chi connectivity index (χ1) is 12.2. The van der Waals surface area contributed by atoms with E-state index in [-0.39, 0.29) is 5.56 Å². The minimum atomic E-state index is -0.983. The third-order valence-electron chi connectivity index (χ3n) is 5.63. The van der Waals surface area contributed by atoms with Crippen molar-refractivity contribution >= 4 is 5.97 Å². The smallest absolute Gasteiger partial charge is 0.338 e. The minimum Gasteiger partial charge on any atom is -0.478 e. The van der Waals surface area contributed by atoms with Gasteiger partial charge in [0.15, 0.2) is 0 Å². The molecule has 1 N–H and O–H groups in total. The molecular formula is C21H24N2O2. The van der Waals surface area contributed by atoms with Crippen molar-refractivity contribution < 1.29 is 9.90 Å². The fourth-order valence-corrected chi connectivity index (χ4v) is 4.48. The molecule has 2 aliphatic carbocycles. The van der Waals surface area contributed by atoms with Crippen LogP contribution in [0.15, 0.2) is 24.5 Å². The maximum Gasteiger partial charge on any atom is 0.338 e. The lowest BCUT2D eigenvalue weighted by Gasteiger charge is -2.20.